The van der Waals surface area contributed by atoms with Gasteiger partial charge in [-0.15, -0.1) is 0 Å². The first kappa shape index (κ1) is 7.99. The third-order valence-electron chi connectivity index (χ3n) is 2.52. The van der Waals surface area contributed by atoms with E-state index in [-0.39, 0.29) is 18.2 Å². The van der Waals surface area contributed by atoms with Crippen LogP contribution in [0.1, 0.15) is 20.8 Å². The van der Waals surface area contributed by atoms with Crippen molar-refractivity contribution in [3.63, 3.8) is 0 Å². The van der Waals surface area contributed by atoms with E-state index >= 15 is 0 Å². The molecule has 0 aromatic rings. The van der Waals surface area contributed by atoms with Gasteiger partial charge < -0.3 is 4.74 Å². The van der Waals surface area contributed by atoms with Gasteiger partial charge in [-0.3, -0.25) is 4.39 Å². The zero-order valence-corrected chi connectivity index (χ0v) is 6.86. The highest BCUT2D eigenvalue weighted by atomic mass is 19.1. The Balaban J connectivity index is 2.51. The van der Waals surface area contributed by atoms with Gasteiger partial charge >= 0.3 is 0 Å². The molecule has 0 aromatic carbocycles. The molecule has 1 nitrogen and oxygen atoms in total. The third kappa shape index (κ3) is 1.05. The minimum absolute atomic E-state index is 0.0625. The fourth-order valence-electron chi connectivity index (χ4n) is 1.40. The molecular formula is C8H15FO. The highest BCUT2D eigenvalue weighted by Crippen LogP contribution is 2.42. The molecule has 1 heterocycles. The molecule has 0 saturated carbocycles. The number of rotatable bonds is 3. The van der Waals surface area contributed by atoms with Gasteiger partial charge in [0.1, 0.15) is 0 Å². The van der Waals surface area contributed by atoms with Gasteiger partial charge in [0.05, 0.1) is 18.9 Å². The van der Waals surface area contributed by atoms with Crippen molar-refractivity contribution < 1.29 is 9.13 Å². The van der Waals surface area contributed by atoms with Crippen molar-refractivity contribution >= 4 is 0 Å². The largest absolute Gasteiger partial charge is 0.369 e. The van der Waals surface area contributed by atoms with Crippen LogP contribution in [0.15, 0.2) is 0 Å². The van der Waals surface area contributed by atoms with Crippen LogP contribution in [0.2, 0.25) is 0 Å². The standard InChI is InChI=1S/C8H15FO/c1-6(2)8(5-10-8)7(3)4-9/h6-7H,4-5H2,1-3H3. The summed E-state index contributed by atoms with van der Waals surface area (Å²) in [6.45, 7) is 6.55. The van der Waals surface area contributed by atoms with Crippen molar-refractivity contribution in [3.8, 4) is 0 Å². The maximum absolute atomic E-state index is 12.2. The molecule has 0 N–H and O–H groups in total. The average molecular weight is 146 g/mol. The second-order valence-electron chi connectivity index (χ2n) is 3.45. The molecule has 0 aromatic heterocycles. The molecule has 1 aliphatic heterocycles. The van der Waals surface area contributed by atoms with Gasteiger partial charge in [0.2, 0.25) is 0 Å². The lowest BCUT2D eigenvalue weighted by Crippen LogP contribution is -2.29. The Morgan fingerprint density at radius 2 is 2.00 bits per heavy atom. The Labute approximate surface area is 61.6 Å². The zero-order valence-electron chi connectivity index (χ0n) is 6.86. The fourth-order valence-corrected chi connectivity index (χ4v) is 1.40. The highest BCUT2D eigenvalue weighted by Gasteiger charge is 2.51. The Bertz CT molecular complexity index is 118. The third-order valence-corrected chi connectivity index (χ3v) is 2.52. The van der Waals surface area contributed by atoms with E-state index in [2.05, 4.69) is 13.8 Å². The predicted octanol–water partition coefficient (Wildman–Crippen LogP) is 2.02. The van der Waals surface area contributed by atoms with E-state index in [9.17, 15) is 4.39 Å². The summed E-state index contributed by atoms with van der Waals surface area (Å²) in [7, 11) is 0. The number of ether oxygens (including phenoxy) is 1. The molecular weight excluding hydrogens is 131 g/mol. The van der Waals surface area contributed by atoms with Crippen molar-refractivity contribution in [3.05, 3.63) is 0 Å². The molecule has 1 saturated heterocycles. The number of hydrogen-bond donors (Lipinski definition) is 0. The first-order valence-electron chi connectivity index (χ1n) is 3.83. The number of epoxide rings is 1. The SMILES string of the molecule is CC(C)C1(C(C)CF)CO1. The molecule has 2 unspecified atom stereocenters. The molecule has 1 aliphatic rings. The fraction of sp³-hybridized carbons (Fsp3) is 1.00. The number of halogens is 1. The van der Waals surface area contributed by atoms with Gasteiger partial charge in [-0.25, -0.2) is 0 Å². The summed E-state index contributed by atoms with van der Waals surface area (Å²) in [5, 5.41) is 0. The highest BCUT2D eigenvalue weighted by molar-refractivity contribution is 4.98. The molecule has 10 heavy (non-hydrogen) atoms. The summed E-state index contributed by atoms with van der Waals surface area (Å²) in [5.41, 5.74) is -0.116. The van der Waals surface area contributed by atoms with E-state index in [0.717, 1.165) is 6.61 Å². The molecule has 0 spiro atoms. The Hall–Kier alpha value is -0.110. The van der Waals surface area contributed by atoms with Crippen LogP contribution in [0.25, 0.3) is 0 Å². The Morgan fingerprint density at radius 3 is 2.10 bits per heavy atom. The summed E-state index contributed by atoms with van der Waals surface area (Å²) < 4.78 is 17.5. The second-order valence-corrected chi connectivity index (χ2v) is 3.45. The lowest BCUT2D eigenvalue weighted by Gasteiger charge is -2.20. The zero-order chi connectivity index (χ0) is 7.78. The van der Waals surface area contributed by atoms with E-state index in [1.54, 1.807) is 0 Å². The molecule has 0 radical (unpaired) electrons. The predicted molar refractivity (Wildman–Crippen MR) is 38.7 cm³/mol. The maximum Gasteiger partial charge on any atom is 0.0989 e. The number of alkyl halides is 1. The first-order chi connectivity index (χ1) is 4.63. The van der Waals surface area contributed by atoms with Crippen LogP contribution in [0.4, 0.5) is 4.39 Å². The summed E-state index contributed by atoms with van der Waals surface area (Å²) in [5.74, 6) is 0.505. The van der Waals surface area contributed by atoms with Crippen LogP contribution >= 0.6 is 0 Å². The summed E-state index contributed by atoms with van der Waals surface area (Å²) in [4.78, 5) is 0. The van der Waals surface area contributed by atoms with Gasteiger partial charge in [-0.1, -0.05) is 20.8 Å². The van der Waals surface area contributed by atoms with Crippen molar-refractivity contribution in [1.29, 1.82) is 0 Å². The minimum Gasteiger partial charge on any atom is -0.369 e. The van der Waals surface area contributed by atoms with Crippen molar-refractivity contribution in [1.82, 2.24) is 0 Å². The maximum atomic E-state index is 12.2. The minimum atomic E-state index is -0.266. The van der Waals surface area contributed by atoms with E-state index in [1.165, 1.54) is 0 Å². The van der Waals surface area contributed by atoms with Crippen molar-refractivity contribution in [2.75, 3.05) is 13.3 Å². The molecule has 0 bridgehead atoms. The summed E-state index contributed by atoms with van der Waals surface area (Å²) >= 11 is 0. The van der Waals surface area contributed by atoms with Gasteiger partial charge in [-0.2, -0.15) is 0 Å². The Morgan fingerprint density at radius 1 is 1.50 bits per heavy atom. The van der Waals surface area contributed by atoms with E-state index < -0.39 is 0 Å². The molecule has 60 valence electrons. The van der Waals surface area contributed by atoms with Crippen molar-refractivity contribution in [2.24, 2.45) is 11.8 Å². The first-order valence-corrected chi connectivity index (χ1v) is 3.83. The molecule has 2 atom stereocenters. The number of hydrogen-bond acceptors (Lipinski definition) is 1. The normalized spacial score (nSPS) is 34.5. The van der Waals surface area contributed by atoms with Crippen LogP contribution in [-0.2, 0) is 4.74 Å². The van der Waals surface area contributed by atoms with Crippen molar-refractivity contribution in [2.45, 2.75) is 26.4 Å². The van der Waals surface area contributed by atoms with E-state index in [4.69, 9.17) is 4.74 Å². The van der Waals surface area contributed by atoms with Gasteiger partial charge in [-0.05, 0) is 5.92 Å². The molecule has 1 fully saturated rings. The van der Waals surface area contributed by atoms with Crippen LogP contribution in [0.5, 0.6) is 0 Å². The van der Waals surface area contributed by atoms with Gasteiger partial charge in [0.25, 0.3) is 0 Å². The molecule has 0 amide bonds. The lowest BCUT2D eigenvalue weighted by atomic mass is 9.86. The second kappa shape index (κ2) is 2.50. The average Bonchev–Trinajstić information content (AvgIpc) is 2.65. The smallest absolute Gasteiger partial charge is 0.0989 e. The van der Waals surface area contributed by atoms with Crippen LogP contribution in [0, 0.1) is 11.8 Å². The van der Waals surface area contributed by atoms with Crippen LogP contribution < -0.4 is 0 Å². The summed E-state index contributed by atoms with van der Waals surface area (Å²) in [6.07, 6.45) is 0. The quantitative estimate of drug-likeness (QED) is 0.555. The van der Waals surface area contributed by atoms with Gasteiger partial charge in [0, 0.05) is 5.92 Å². The van der Waals surface area contributed by atoms with Gasteiger partial charge in [0.15, 0.2) is 0 Å². The molecule has 2 heteroatoms. The Kier molecular flexibility index (Phi) is 1.99. The lowest BCUT2D eigenvalue weighted by molar-refractivity contribution is 0.148. The molecule has 0 aliphatic carbocycles. The van der Waals surface area contributed by atoms with Crippen LogP contribution in [-0.4, -0.2) is 18.9 Å². The monoisotopic (exact) mass is 146 g/mol. The summed E-state index contributed by atoms with van der Waals surface area (Å²) in [6, 6.07) is 0. The van der Waals surface area contributed by atoms with E-state index in [0.29, 0.717) is 5.92 Å². The molecule has 1 rings (SSSR count). The van der Waals surface area contributed by atoms with E-state index in [1.807, 2.05) is 6.92 Å². The topological polar surface area (TPSA) is 12.5 Å². The van der Waals surface area contributed by atoms with Crippen LogP contribution in [0.3, 0.4) is 0 Å².